The molecule has 37 heavy (non-hydrogen) atoms. The first-order valence-electron chi connectivity index (χ1n) is 13.3. The largest absolute Gasteiger partial charge is 0.493 e. The van der Waals surface area contributed by atoms with E-state index >= 15 is 0 Å². The lowest BCUT2D eigenvalue weighted by atomic mass is 9.97. The van der Waals surface area contributed by atoms with E-state index in [9.17, 15) is 5.11 Å². The molecule has 0 spiro atoms. The van der Waals surface area contributed by atoms with E-state index in [4.69, 9.17) is 9.97 Å². The Hall–Kier alpha value is -3.58. The van der Waals surface area contributed by atoms with E-state index < -0.39 is 0 Å². The van der Waals surface area contributed by atoms with Gasteiger partial charge in [-0.25, -0.2) is 4.98 Å². The van der Waals surface area contributed by atoms with Gasteiger partial charge in [0.2, 0.25) is 11.8 Å². The van der Waals surface area contributed by atoms with Gasteiger partial charge in [0.1, 0.15) is 11.3 Å². The predicted octanol–water partition coefficient (Wildman–Crippen LogP) is 5.76. The van der Waals surface area contributed by atoms with E-state index in [0.717, 1.165) is 48.5 Å². The normalized spacial score (nSPS) is 15.6. The summed E-state index contributed by atoms with van der Waals surface area (Å²) in [5, 5.41) is 15.7. The third-order valence-electron chi connectivity index (χ3n) is 7.37. The van der Waals surface area contributed by atoms with Gasteiger partial charge in [0.15, 0.2) is 0 Å². The fraction of sp³-hybridized carbons (Fsp3) is 0.400. The molecule has 1 atom stereocenters. The lowest BCUT2D eigenvalue weighted by Gasteiger charge is -2.37. The van der Waals surface area contributed by atoms with Crippen LogP contribution in [0.1, 0.15) is 56.5 Å². The molecule has 194 valence electrons. The Bertz CT molecular complexity index is 1340. The average Bonchev–Trinajstić information content (AvgIpc) is 3.25. The summed E-state index contributed by atoms with van der Waals surface area (Å²) < 4.78 is 1.87. The smallest absolute Gasteiger partial charge is 0.228 e. The molecule has 0 saturated carbocycles. The summed E-state index contributed by atoms with van der Waals surface area (Å²) in [6, 6.07) is 19.6. The predicted molar refractivity (Wildman–Crippen MR) is 152 cm³/mol. The molecule has 3 heterocycles. The topological polar surface area (TPSA) is 69.5 Å². The molecule has 1 aliphatic rings. The zero-order valence-electron chi connectivity index (χ0n) is 22.5. The summed E-state index contributed by atoms with van der Waals surface area (Å²) >= 11 is 0. The zero-order chi connectivity index (χ0) is 26.1. The fourth-order valence-electron chi connectivity index (χ4n) is 5.06. The van der Waals surface area contributed by atoms with Gasteiger partial charge in [-0.15, -0.1) is 0 Å². The van der Waals surface area contributed by atoms with Gasteiger partial charge in [-0.3, -0.25) is 4.90 Å². The molecule has 5 rings (SSSR count). The highest BCUT2D eigenvalue weighted by atomic mass is 16.3. The van der Waals surface area contributed by atoms with Crippen LogP contribution in [0, 0.1) is 6.92 Å². The van der Waals surface area contributed by atoms with Crippen LogP contribution in [-0.2, 0) is 0 Å². The molecule has 1 aliphatic heterocycles. The molecule has 0 amide bonds. The van der Waals surface area contributed by atoms with Crippen LogP contribution in [0.25, 0.3) is 10.9 Å². The number of hydrogen-bond acceptors (Lipinski definition) is 6. The third kappa shape index (κ3) is 5.14. The highest BCUT2D eigenvalue weighted by Gasteiger charge is 2.25. The molecule has 0 bridgehead atoms. The minimum absolute atomic E-state index is 0.0992. The minimum Gasteiger partial charge on any atom is -0.493 e. The summed E-state index contributed by atoms with van der Waals surface area (Å²) in [4.78, 5) is 14.7. The van der Waals surface area contributed by atoms with Crippen molar-refractivity contribution in [3.8, 4) is 5.88 Å². The van der Waals surface area contributed by atoms with Crippen LogP contribution in [0.5, 0.6) is 5.88 Å². The van der Waals surface area contributed by atoms with Gasteiger partial charge in [-0.1, -0.05) is 60.2 Å². The molecule has 2 N–H and O–H groups in total. The molecule has 7 heteroatoms. The van der Waals surface area contributed by atoms with Gasteiger partial charge in [0, 0.05) is 44.5 Å². The maximum absolute atomic E-state index is 11.1. The van der Waals surface area contributed by atoms with Crippen molar-refractivity contribution in [1.82, 2.24) is 19.4 Å². The van der Waals surface area contributed by atoms with Gasteiger partial charge in [0.05, 0.1) is 11.4 Å². The molecule has 1 unspecified atom stereocenters. The maximum Gasteiger partial charge on any atom is 0.228 e. The van der Waals surface area contributed by atoms with Crippen LogP contribution >= 0.6 is 0 Å². The third-order valence-corrected chi connectivity index (χ3v) is 7.37. The first-order chi connectivity index (χ1) is 17.8. The molecular formula is C30H38N6O. The van der Waals surface area contributed by atoms with Crippen LogP contribution < -0.4 is 10.2 Å². The average molecular weight is 499 g/mol. The van der Waals surface area contributed by atoms with E-state index in [1.165, 1.54) is 5.56 Å². The number of piperazine rings is 1. The van der Waals surface area contributed by atoms with Gasteiger partial charge in [0.25, 0.3) is 0 Å². The number of fused-ring (bicyclic) bond motifs is 1. The van der Waals surface area contributed by atoms with E-state index in [1.54, 1.807) is 0 Å². The molecule has 1 saturated heterocycles. The summed E-state index contributed by atoms with van der Waals surface area (Å²) in [6.45, 7) is 14.3. The van der Waals surface area contributed by atoms with Crippen LogP contribution in [0.4, 0.5) is 11.8 Å². The van der Waals surface area contributed by atoms with Crippen LogP contribution in [0.2, 0.25) is 0 Å². The molecule has 0 aliphatic carbocycles. The Morgan fingerprint density at radius 2 is 1.46 bits per heavy atom. The Morgan fingerprint density at radius 3 is 2.08 bits per heavy atom. The van der Waals surface area contributed by atoms with Crippen molar-refractivity contribution in [2.24, 2.45) is 0 Å². The first-order valence-corrected chi connectivity index (χ1v) is 13.3. The molecule has 0 radical (unpaired) electrons. The number of benzene rings is 2. The molecule has 7 nitrogen and oxygen atoms in total. The SMILES string of the molecule is Cc1ccc(C(Nc2nc(N3CCN(C(C)C)CC3)nc3c(O)n(C(C)C)cc23)c2ccccc2)cc1. The van der Waals surface area contributed by atoms with Crippen molar-refractivity contribution < 1.29 is 5.11 Å². The highest BCUT2D eigenvalue weighted by molar-refractivity contribution is 5.94. The number of rotatable bonds is 7. The lowest BCUT2D eigenvalue weighted by Crippen LogP contribution is -2.49. The second-order valence-corrected chi connectivity index (χ2v) is 10.6. The Labute approximate surface area is 219 Å². The Morgan fingerprint density at radius 1 is 0.811 bits per heavy atom. The monoisotopic (exact) mass is 498 g/mol. The fourth-order valence-corrected chi connectivity index (χ4v) is 5.06. The number of nitrogens with one attached hydrogen (secondary N) is 1. The van der Waals surface area contributed by atoms with Crippen LogP contribution in [-0.4, -0.2) is 56.8 Å². The number of hydrogen-bond donors (Lipinski definition) is 2. The lowest BCUT2D eigenvalue weighted by molar-refractivity contribution is 0.208. The van der Waals surface area contributed by atoms with Crippen LogP contribution in [0.15, 0.2) is 60.8 Å². The summed E-state index contributed by atoms with van der Waals surface area (Å²) in [6.07, 6.45) is 1.97. The number of aromatic nitrogens is 3. The summed E-state index contributed by atoms with van der Waals surface area (Å²) in [5.74, 6) is 1.57. The summed E-state index contributed by atoms with van der Waals surface area (Å²) in [7, 11) is 0. The number of nitrogens with zero attached hydrogens (tertiary/aromatic N) is 5. The zero-order valence-corrected chi connectivity index (χ0v) is 22.5. The quantitative estimate of drug-likeness (QED) is 0.338. The van der Waals surface area contributed by atoms with Crippen molar-refractivity contribution >= 4 is 22.7 Å². The van der Waals surface area contributed by atoms with Crippen molar-refractivity contribution in [2.45, 2.75) is 52.7 Å². The number of aromatic hydroxyl groups is 1. The molecule has 2 aromatic carbocycles. The van der Waals surface area contributed by atoms with Gasteiger partial charge in [-0.05, 0) is 45.7 Å². The molecule has 4 aromatic rings. The van der Waals surface area contributed by atoms with Crippen molar-refractivity contribution in [1.29, 1.82) is 0 Å². The van der Waals surface area contributed by atoms with E-state index in [0.29, 0.717) is 17.5 Å². The van der Waals surface area contributed by atoms with E-state index in [2.05, 4.69) is 98.3 Å². The summed E-state index contributed by atoms with van der Waals surface area (Å²) in [5.41, 5.74) is 4.12. The first kappa shape index (κ1) is 25.1. The highest BCUT2D eigenvalue weighted by Crippen LogP contribution is 2.36. The molecular weight excluding hydrogens is 460 g/mol. The minimum atomic E-state index is -0.102. The number of aryl methyl sites for hydroxylation is 1. The second-order valence-electron chi connectivity index (χ2n) is 10.6. The van der Waals surface area contributed by atoms with Crippen LogP contribution in [0.3, 0.4) is 0 Å². The Kier molecular flexibility index (Phi) is 7.07. The second kappa shape index (κ2) is 10.4. The maximum atomic E-state index is 11.1. The standard InChI is InChI=1S/C30H38N6O/c1-20(2)34-15-17-35(18-16-34)30-32-27-25(19-36(21(3)4)29(27)37)28(33-30)31-26(23-9-7-6-8-10-23)24-13-11-22(5)12-14-24/h6-14,19-21,26,37H,15-18H2,1-5H3,(H,31,32,33). The van der Waals surface area contributed by atoms with E-state index in [1.807, 2.05) is 16.8 Å². The molecule has 2 aromatic heterocycles. The van der Waals surface area contributed by atoms with Crippen molar-refractivity contribution in [2.75, 3.05) is 36.4 Å². The van der Waals surface area contributed by atoms with Gasteiger partial charge in [-0.2, -0.15) is 4.98 Å². The Balaban J connectivity index is 1.60. The van der Waals surface area contributed by atoms with Gasteiger partial charge >= 0.3 is 0 Å². The number of anilines is 2. The van der Waals surface area contributed by atoms with Gasteiger partial charge < -0.3 is 19.9 Å². The van der Waals surface area contributed by atoms with Crippen molar-refractivity contribution in [3.05, 3.63) is 77.5 Å². The molecule has 1 fully saturated rings. The van der Waals surface area contributed by atoms with Crippen molar-refractivity contribution in [3.63, 3.8) is 0 Å². The van der Waals surface area contributed by atoms with E-state index in [-0.39, 0.29) is 18.0 Å².